The smallest absolute Gasteiger partial charge is 0.259 e. The highest BCUT2D eigenvalue weighted by Crippen LogP contribution is 2.61. The first-order chi connectivity index (χ1) is 14.7. The van der Waals surface area contributed by atoms with Crippen LogP contribution in [-0.4, -0.2) is 27.2 Å². The first-order valence-corrected chi connectivity index (χ1v) is 13.5. The standard InChI is InChI=1S/C24H33N3O2S2/c1-12-13(2)31-23-20(12)22(29)26-19(27-23)11-30-14(3)21(28)25-15(4)24-8-16-5-17(9-24)7-18(6-16)10-24/h14-18H,5-11H2,1-4H3,(H,25,28)(H,26,27,29)/t14-,15+,16?,17?,18?,24?/m0/s1. The molecule has 1 amide bonds. The summed E-state index contributed by atoms with van der Waals surface area (Å²) >= 11 is 3.11. The van der Waals surface area contributed by atoms with Crippen molar-refractivity contribution in [1.82, 2.24) is 15.3 Å². The van der Waals surface area contributed by atoms with Gasteiger partial charge in [-0.05, 0) is 95.0 Å². The van der Waals surface area contributed by atoms with E-state index in [1.54, 1.807) is 23.1 Å². The lowest BCUT2D eigenvalue weighted by molar-refractivity contribution is -0.125. The number of hydrogen-bond donors (Lipinski definition) is 2. The van der Waals surface area contributed by atoms with Gasteiger partial charge in [0.05, 0.1) is 16.4 Å². The molecular weight excluding hydrogens is 426 g/mol. The molecule has 2 N–H and O–H groups in total. The highest BCUT2D eigenvalue weighted by molar-refractivity contribution is 7.99. The molecule has 168 valence electrons. The lowest BCUT2D eigenvalue weighted by atomic mass is 9.48. The zero-order chi connectivity index (χ0) is 21.9. The number of carbonyl (C=O) groups is 1. The summed E-state index contributed by atoms with van der Waals surface area (Å²) in [4.78, 5) is 34.9. The van der Waals surface area contributed by atoms with Crippen LogP contribution in [-0.2, 0) is 10.5 Å². The van der Waals surface area contributed by atoms with E-state index in [0.29, 0.717) is 22.4 Å². The number of aryl methyl sites for hydroxylation is 2. The fourth-order valence-corrected chi connectivity index (χ4v) is 8.65. The van der Waals surface area contributed by atoms with Gasteiger partial charge in [0.2, 0.25) is 5.91 Å². The van der Waals surface area contributed by atoms with E-state index in [9.17, 15) is 9.59 Å². The van der Waals surface area contributed by atoms with E-state index in [2.05, 4.69) is 22.2 Å². The van der Waals surface area contributed by atoms with Gasteiger partial charge in [-0.15, -0.1) is 23.1 Å². The Balaban J connectivity index is 1.21. The Labute approximate surface area is 192 Å². The van der Waals surface area contributed by atoms with Crippen LogP contribution in [0.4, 0.5) is 0 Å². The van der Waals surface area contributed by atoms with Gasteiger partial charge in [0, 0.05) is 10.9 Å². The van der Waals surface area contributed by atoms with Gasteiger partial charge < -0.3 is 10.3 Å². The average Bonchev–Trinajstić information content (AvgIpc) is 2.99. The molecule has 0 saturated heterocycles. The molecule has 0 aromatic carbocycles. The van der Waals surface area contributed by atoms with Crippen molar-refractivity contribution < 1.29 is 4.79 Å². The molecule has 2 atom stereocenters. The predicted molar refractivity (Wildman–Crippen MR) is 129 cm³/mol. The molecule has 5 nitrogen and oxygen atoms in total. The summed E-state index contributed by atoms with van der Waals surface area (Å²) in [6, 6.07) is 0.239. The largest absolute Gasteiger partial charge is 0.352 e. The van der Waals surface area contributed by atoms with Crippen molar-refractivity contribution in [3.8, 4) is 0 Å². The minimum absolute atomic E-state index is 0.0741. The molecule has 0 radical (unpaired) electrons. The van der Waals surface area contributed by atoms with Gasteiger partial charge in [0.1, 0.15) is 10.7 Å². The van der Waals surface area contributed by atoms with Gasteiger partial charge in [-0.1, -0.05) is 0 Å². The van der Waals surface area contributed by atoms with Crippen LogP contribution < -0.4 is 10.9 Å². The Kier molecular flexibility index (Phi) is 5.48. The number of carbonyl (C=O) groups excluding carboxylic acids is 1. The number of H-pyrrole nitrogens is 1. The van der Waals surface area contributed by atoms with Crippen LogP contribution in [0.15, 0.2) is 4.79 Å². The minimum atomic E-state index is -0.177. The van der Waals surface area contributed by atoms with Crippen LogP contribution >= 0.6 is 23.1 Å². The average molecular weight is 460 g/mol. The molecule has 4 bridgehead atoms. The van der Waals surface area contributed by atoms with E-state index in [1.165, 1.54) is 38.5 Å². The normalized spacial score (nSPS) is 31.2. The molecule has 4 fully saturated rings. The van der Waals surface area contributed by atoms with Crippen LogP contribution in [0.3, 0.4) is 0 Å². The zero-order valence-electron chi connectivity index (χ0n) is 18.9. The number of aromatic nitrogens is 2. The van der Waals surface area contributed by atoms with Crippen molar-refractivity contribution in [3.63, 3.8) is 0 Å². The van der Waals surface area contributed by atoms with Crippen LogP contribution in [0, 0.1) is 37.0 Å². The van der Waals surface area contributed by atoms with Gasteiger partial charge >= 0.3 is 0 Å². The summed E-state index contributed by atoms with van der Waals surface area (Å²) in [5.41, 5.74) is 1.26. The number of nitrogens with one attached hydrogen (secondary N) is 2. The minimum Gasteiger partial charge on any atom is -0.352 e. The molecule has 4 aliphatic rings. The molecule has 2 aromatic rings. The Bertz CT molecular complexity index is 1040. The summed E-state index contributed by atoms with van der Waals surface area (Å²) in [6.45, 7) is 8.18. The third kappa shape index (κ3) is 3.86. The summed E-state index contributed by atoms with van der Waals surface area (Å²) < 4.78 is 0. The molecule has 0 spiro atoms. The van der Waals surface area contributed by atoms with E-state index in [-0.39, 0.29) is 22.8 Å². The number of rotatable bonds is 6. The summed E-state index contributed by atoms with van der Waals surface area (Å²) in [6.07, 6.45) is 8.16. The van der Waals surface area contributed by atoms with Crippen LogP contribution in [0.5, 0.6) is 0 Å². The molecule has 7 heteroatoms. The number of aromatic amines is 1. The maximum absolute atomic E-state index is 13.0. The lowest BCUT2D eigenvalue weighted by Gasteiger charge is -2.59. The first kappa shape index (κ1) is 21.5. The molecular formula is C24H33N3O2S2. The monoisotopic (exact) mass is 459 g/mol. The molecule has 6 rings (SSSR count). The van der Waals surface area contributed by atoms with E-state index in [0.717, 1.165) is 33.0 Å². The number of nitrogens with zero attached hydrogens (tertiary/aromatic N) is 1. The van der Waals surface area contributed by atoms with Gasteiger partial charge in [0.25, 0.3) is 5.56 Å². The van der Waals surface area contributed by atoms with Crippen molar-refractivity contribution in [2.24, 2.45) is 23.2 Å². The third-order valence-corrected chi connectivity index (χ3v) is 10.5. The second-order valence-electron chi connectivity index (χ2n) is 10.4. The van der Waals surface area contributed by atoms with Crippen molar-refractivity contribution in [2.75, 3.05) is 0 Å². The fourth-order valence-electron chi connectivity index (χ4n) is 6.84. The van der Waals surface area contributed by atoms with Crippen molar-refractivity contribution in [2.45, 2.75) is 83.3 Å². The maximum Gasteiger partial charge on any atom is 0.259 e. The molecule has 4 aliphatic carbocycles. The maximum atomic E-state index is 13.0. The van der Waals surface area contributed by atoms with Crippen molar-refractivity contribution in [3.05, 3.63) is 26.6 Å². The number of amides is 1. The molecule has 2 heterocycles. The second-order valence-corrected chi connectivity index (χ2v) is 13.0. The highest BCUT2D eigenvalue weighted by Gasteiger charge is 2.53. The molecule has 0 unspecified atom stereocenters. The van der Waals surface area contributed by atoms with Crippen molar-refractivity contribution >= 4 is 39.2 Å². The quantitative estimate of drug-likeness (QED) is 0.641. The summed E-state index contributed by atoms with van der Waals surface area (Å²) in [5, 5.41) is 3.90. The van der Waals surface area contributed by atoms with Crippen LogP contribution in [0.2, 0.25) is 0 Å². The van der Waals surface area contributed by atoms with E-state index in [4.69, 9.17) is 0 Å². The SMILES string of the molecule is Cc1sc2nc(CS[C@@H](C)C(=O)N[C@H](C)C34CC5CC(CC(C5)C3)C4)[nH]c(=O)c2c1C. The van der Waals surface area contributed by atoms with Gasteiger partial charge in [-0.25, -0.2) is 4.98 Å². The van der Waals surface area contributed by atoms with Crippen LogP contribution in [0.1, 0.15) is 68.6 Å². The number of thioether (sulfide) groups is 1. The summed E-state index contributed by atoms with van der Waals surface area (Å²) in [7, 11) is 0. The fraction of sp³-hybridized carbons (Fsp3) is 0.708. The molecule has 2 aromatic heterocycles. The van der Waals surface area contributed by atoms with Crippen LogP contribution in [0.25, 0.3) is 10.2 Å². The first-order valence-electron chi connectivity index (χ1n) is 11.6. The highest BCUT2D eigenvalue weighted by atomic mass is 32.2. The Morgan fingerprint density at radius 3 is 2.42 bits per heavy atom. The predicted octanol–water partition coefficient (Wildman–Crippen LogP) is 4.94. The van der Waals surface area contributed by atoms with E-state index < -0.39 is 0 Å². The Hall–Kier alpha value is -1.34. The second kappa shape index (κ2) is 7.91. The topological polar surface area (TPSA) is 74.8 Å². The number of hydrogen-bond acceptors (Lipinski definition) is 5. The Morgan fingerprint density at radius 1 is 1.19 bits per heavy atom. The number of thiophene rings is 1. The zero-order valence-corrected chi connectivity index (χ0v) is 20.5. The molecule has 0 aliphatic heterocycles. The summed E-state index contributed by atoms with van der Waals surface area (Å²) in [5.74, 6) is 3.96. The van der Waals surface area contributed by atoms with Gasteiger partial charge in [0.15, 0.2) is 0 Å². The Morgan fingerprint density at radius 2 is 1.81 bits per heavy atom. The number of fused-ring (bicyclic) bond motifs is 1. The third-order valence-electron chi connectivity index (χ3n) is 8.29. The van der Waals surface area contributed by atoms with E-state index >= 15 is 0 Å². The lowest BCUT2D eigenvalue weighted by Crippen LogP contribution is -2.56. The van der Waals surface area contributed by atoms with Gasteiger partial charge in [-0.3, -0.25) is 9.59 Å². The van der Waals surface area contributed by atoms with Gasteiger partial charge in [-0.2, -0.15) is 0 Å². The van der Waals surface area contributed by atoms with Crippen molar-refractivity contribution in [1.29, 1.82) is 0 Å². The molecule has 4 saturated carbocycles. The van der Waals surface area contributed by atoms with E-state index in [1.807, 2.05) is 20.8 Å². The molecule has 31 heavy (non-hydrogen) atoms.